The zero-order chi connectivity index (χ0) is 8.65. The maximum atomic E-state index is 9.62. The summed E-state index contributed by atoms with van der Waals surface area (Å²) in [6.07, 6.45) is 0. The third kappa shape index (κ3) is 2.04. The van der Waals surface area contributed by atoms with Crippen LogP contribution in [0.5, 0.6) is 0 Å². The lowest BCUT2D eigenvalue weighted by molar-refractivity contribution is 0.0825. The van der Waals surface area contributed by atoms with Crippen LogP contribution >= 0.6 is 27.3 Å². The average molecular weight is 235 g/mol. The van der Waals surface area contributed by atoms with Gasteiger partial charge >= 0.3 is 0 Å². The van der Waals surface area contributed by atoms with E-state index >= 15 is 0 Å². The molecule has 0 saturated carbocycles. The van der Waals surface area contributed by atoms with Gasteiger partial charge in [0.1, 0.15) is 0 Å². The van der Waals surface area contributed by atoms with Gasteiger partial charge in [0.25, 0.3) is 0 Å². The number of halogens is 1. The van der Waals surface area contributed by atoms with Gasteiger partial charge in [0.15, 0.2) is 0 Å². The van der Waals surface area contributed by atoms with Crippen LogP contribution in [-0.4, -0.2) is 5.11 Å². The number of thiophene rings is 1. The Morgan fingerprint density at radius 1 is 1.55 bits per heavy atom. The number of aliphatic hydroxyl groups is 1. The first-order chi connectivity index (χ1) is 4.91. The summed E-state index contributed by atoms with van der Waals surface area (Å²) in [4.78, 5) is 2.21. The van der Waals surface area contributed by atoms with Gasteiger partial charge in [0, 0.05) is 14.2 Å². The third-order valence-corrected chi connectivity index (χ3v) is 3.91. The second kappa shape index (κ2) is 2.88. The van der Waals surface area contributed by atoms with E-state index in [0.29, 0.717) is 0 Å². The van der Waals surface area contributed by atoms with Crippen LogP contribution in [0, 0.1) is 6.92 Å². The Hall–Kier alpha value is 0.140. The molecule has 0 spiro atoms. The van der Waals surface area contributed by atoms with Crippen LogP contribution in [0.15, 0.2) is 10.5 Å². The Bertz CT molecular complexity index is 240. The normalized spacial score (nSPS) is 12.1. The van der Waals surface area contributed by atoms with Crippen LogP contribution in [0.1, 0.15) is 23.6 Å². The van der Waals surface area contributed by atoms with E-state index in [2.05, 4.69) is 15.9 Å². The predicted octanol–water partition coefficient (Wildman–Crippen LogP) is 3.05. The van der Waals surface area contributed by atoms with Crippen LogP contribution in [0.25, 0.3) is 0 Å². The minimum Gasteiger partial charge on any atom is -0.385 e. The van der Waals surface area contributed by atoms with Crippen molar-refractivity contribution in [3.63, 3.8) is 0 Å². The number of hydrogen-bond donors (Lipinski definition) is 1. The fourth-order valence-corrected chi connectivity index (χ4v) is 2.30. The molecular weight excluding hydrogens is 224 g/mol. The summed E-state index contributed by atoms with van der Waals surface area (Å²) in [6.45, 7) is 5.62. The number of aryl methyl sites for hydroxylation is 1. The predicted molar refractivity (Wildman–Crippen MR) is 52.0 cm³/mol. The van der Waals surface area contributed by atoms with Gasteiger partial charge in [-0.3, -0.25) is 0 Å². The third-order valence-electron chi connectivity index (χ3n) is 1.46. The zero-order valence-electron chi connectivity index (χ0n) is 6.81. The Labute approximate surface area is 79.2 Å². The molecule has 11 heavy (non-hydrogen) atoms. The Kier molecular flexibility index (Phi) is 2.42. The molecule has 0 aliphatic heterocycles. The summed E-state index contributed by atoms with van der Waals surface area (Å²) in [5.41, 5.74) is -0.707. The molecule has 0 fully saturated rings. The van der Waals surface area contributed by atoms with E-state index in [9.17, 15) is 5.11 Å². The second-order valence-electron chi connectivity index (χ2n) is 3.07. The molecule has 0 aliphatic rings. The first-order valence-electron chi connectivity index (χ1n) is 3.40. The van der Waals surface area contributed by atoms with Gasteiger partial charge in [-0.1, -0.05) is 0 Å². The summed E-state index contributed by atoms with van der Waals surface area (Å²) >= 11 is 5.03. The SMILES string of the molecule is Cc1sc(C(C)(C)O)cc1Br. The minimum atomic E-state index is -0.707. The van der Waals surface area contributed by atoms with Gasteiger partial charge in [-0.2, -0.15) is 0 Å². The van der Waals surface area contributed by atoms with Gasteiger partial charge in [-0.25, -0.2) is 0 Å². The molecule has 1 nitrogen and oxygen atoms in total. The number of rotatable bonds is 1. The largest absolute Gasteiger partial charge is 0.385 e. The van der Waals surface area contributed by atoms with E-state index in [1.54, 1.807) is 25.2 Å². The number of hydrogen-bond acceptors (Lipinski definition) is 2. The van der Waals surface area contributed by atoms with E-state index in [-0.39, 0.29) is 0 Å². The van der Waals surface area contributed by atoms with E-state index in [1.807, 2.05) is 13.0 Å². The molecule has 1 heterocycles. The fraction of sp³-hybridized carbons (Fsp3) is 0.500. The molecule has 0 amide bonds. The minimum absolute atomic E-state index is 0.707. The molecule has 62 valence electrons. The molecule has 0 aliphatic carbocycles. The highest BCUT2D eigenvalue weighted by Crippen LogP contribution is 2.33. The lowest BCUT2D eigenvalue weighted by Gasteiger charge is -2.13. The maximum absolute atomic E-state index is 9.62. The molecular formula is C8H11BrOS. The van der Waals surface area contributed by atoms with Crippen molar-refractivity contribution in [1.29, 1.82) is 0 Å². The van der Waals surface area contributed by atoms with Crippen molar-refractivity contribution < 1.29 is 5.11 Å². The molecule has 1 aromatic rings. The highest BCUT2D eigenvalue weighted by molar-refractivity contribution is 9.10. The summed E-state index contributed by atoms with van der Waals surface area (Å²) in [6, 6.07) is 1.97. The van der Waals surface area contributed by atoms with Crippen LogP contribution in [0.3, 0.4) is 0 Å². The zero-order valence-corrected chi connectivity index (χ0v) is 9.21. The first kappa shape index (κ1) is 9.23. The first-order valence-corrected chi connectivity index (χ1v) is 5.01. The molecule has 1 aromatic heterocycles. The fourth-order valence-electron chi connectivity index (χ4n) is 0.761. The van der Waals surface area contributed by atoms with Crippen molar-refractivity contribution in [1.82, 2.24) is 0 Å². The maximum Gasteiger partial charge on any atom is 0.0932 e. The Balaban J connectivity index is 3.08. The summed E-state index contributed by atoms with van der Waals surface area (Å²) < 4.78 is 1.08. The van der Waals surface area contributed by atoms with E-state index in [4.69, 9.17) is 0 Å². The van der Waals surface area contributed by atoms with Gasteiger partial charge in [-0.05, 0) is 42.8 Å². The molecule has 0 bridgehead atoms. The molecule has 0 unspecified atom stereocenters. The Morgan fingerprint density at radius 2 is 2.09 bits per heavy atom. The molecule has 3 heteroatoms. The molecule has 0 saturated heterocycles. The van der Waals surface area contributed by atoms with Crippen molar-refractivity contribution in [2.24, 2.45) is 0 Å². The highest BCUT2D eigenvalue weighted by Gasteiger charge is 2.19. The van der Waals surface area contributed by atoms with Crippen molar-refractivity contribution in [2.75, 3.05) is 0 Å². The molecule has 0 atom stereocenters. The molecule has 0 aromatic carbocycles. The standard InChI is InChI=1S/C8H11BrOS/c1-5-6(9)4-7(11-5)8(2,3)10/h4,10H,1-3H3. The van der Waals surface area contributed by atoms with Crippen molar-refractivity contribution in [3.8, 4) is 0 Å². The van der Waals surface area contributed by atoms with Crippen LogP contribution in [0.2, 0.25) is 0 Å². The van der Waals surface area contributed by atoms with Gasteiger partial charge in [0.2, 0.25) is 0 Å². The van der Waals surface area contributed by atoms with E-state index in [0.717, 1.165) is 9.35 Å². The monoisotopic (exact) mass is 234 g/mol. The molecule has 1 rings (SSSR count). The van der Waals surface area contributed by atoms with Crippen LogP contribution in [0.4, 0.5) is 0 Å². The average Bonchev–Trinajstić information content (AvgIpc) is 2.11. The Morgan fingerprint density at radius 3 is 2.27 bits per heavy atom. The molecule has 0 radical (unpaired) electrons. The smallest absolute Gasteiger partial charge is 0.0932 e. The topological polar surface area (TPSA) is 20.2 Å². The molecule has 1 N–H and O–H groups in total. The summed E-state index contributed by atoms with van der Waals surface area (Å²) in [5, 5.41) is 9.62. The lowest BCUT2D eigenvalue weighted by Crippen LogP contribution is -2.12. The second-order valence-corrected chi connectivity index (χ2v) is 5.18. The van der Waals surface area contributed by atoms with E-state index < -0.39 is 5.60 Å². The van der Waals surface area contributed by atoms with Crippen LogP contribution in [-0.2, 0) is 5.60 Å². The summed E-state index contributed by atoms with van der Waals surface area (Å²) in [7, 11) is 0. The quantitative estimate of drug-likeness (QED) is 0.793. The van der Waals surface area contributed by atoms with Crippen molar-refractivity contribution >= 4 is 27.3 Å². The van der Waals surface area contributed by atoms with Gasteiger partial charge < -0.3 is 5.11 Å². The van der Waals surface area contributed by atoms with Gasteiger partial charge in [0.05, 0.1) is 5.60 Å². The van der Waals surface area contributed by atoms with E-state index in [1.165, 1.54) is 4.88 Å². The highest BCUT2D eigenvalue weighted by atomic mass is 79.9. The van der Waals surface area contributed by atoms with Crippen molar-refractivity contribution in [2.45, 2.75) is 26.4 Å². The van der Waals surface area contributed by atoms with Crippen molar-refractivity contribution in [3.05, 3.63) is 20.3 Å². The van der Waals surface area contributed by atoms with Crippen LogP contribution < -0.4 is 0 Å². The van der Waals surface area contributed by atoms with Gasteiger partial charge in [-0.15, -0.1) is 11.3 Å². The summed E-state index contributed by atoms with van der Waals surface area (Å²) in [5.74, 6) is 0. The lowest BCUT2D eigenvalue weighted by atomic mass is 10.1.